The predicted octanol–water partition coefficient (Wildman–Crippen LogP) is 8.05. The van der Waals surface area contributed by atoms with Gasteiger partial charge < -0.3 is 26.2 Å². The Morgan fingerprint density at radius 3 is 1.93 bits per heavy atom. The Labute approximate surface area is 259 Å². The summed E-state index contributed by atoms with van der Waals surface area (Å²) in [5.74, 6) is 1.46. The zero-order valence-corrected chi connectivity index (χ0v) is 29.7. The van der Waals surface area contributed by atoms with Crippen molar-refractivity contribution in [1.82, 2.24) is 19.3 Å². The van der Waals surface area contributed by atoms with Crippen LogP contribution in [0.15, 0.2) is 12.1 Å². The van der Waals surface area contributed by atoms with Gasteiger partial charge in [-0.3, -0.25) is 18.9 Å². The molecule has 3 aromatic rings. The summed E-state index contributed by atoms with van der Waals surface area (Å²) in [6.07, 6.45) is 3.08. The van der Waals surface area contributed by atoms with Gasteiger partial charge in [0.05, 0.1) is 22.7 Å². The molecule has 5 rings (SSSR count). The number of fused-ring (bicyclic) bond motifs is 6. The molecular weight excluding hydrogens is 712 g/mol. The molecule has 8 nitrogen and oxygen atoms in total. The van der Waals surface area contributed by atoms with Crippen molar-refractivity contribution in [2.24, 2.45) is 5.41 Å². The van der Waals surface area contributed by atoms with Crippen LogP contribution < -0.4 is 4.52 Å². The third-order valence-corrected chi connectivity index (χ3v) is 10.4. The summed E-state index contributed by atoms with van der Waals surface area (Å²) >= 11 is 0. The molecule has 1 aliphatic carbocycles. The van der Waals surface area contributed by atoms with Crippen LogP contribution in [0.2, 0.25) is 0 Å². The van der Waals surface area contributed by atoms with Gasteiger partial charge in [0.25, 0.3) is 0 Å². The molecule has 0 amide bonds. The molecular formula is C31H41IrN6O2P+. The Balaban J connectivity index is 0.000000584. The maximum absolute atomic E-state index is 13.8. The maximum atomic E-state index is 13.8. The van der Waals surface area contributed by atoms with Crippen molar-refractivity contribution in [2.75, 3.05) is 6.66 Å². The Morgan fingerprint density at radius 2 is 1.46 bits per heavy atom. The topological polar surface area (TPSA) is 98.0 Å². The third-order valence-electron chi connectivity index (χ3n) is 8.79. The van der Waals surface area contributed by atoms with Gasteiger partial charge >= 0.3 is 27.6 Å². The average molecular weight is 753 g/mol. The van der Waals surface area contributed by atoms with E-state index in [-0.39, 0.29) is 47.3 Å². The van der Waals surface area contributed by atoms with Crippen LogP contribution in [0.1, 0.15) is 100 Å². The fraction of sp³-hybridized carbons (Fsp3) is 0.581. The van der Waals surface area contributed by atoms with Crippen LogP contribution in [0.3, 0.4) is 0 Å². The van der Waals surface area contributed by atoms with Gasteiger partial charge in [-0.05, 0) is 56.7 Å². The van der Waals surface area contributed by atoms with Gasteiger partial charge in [-0.25, -0.2) is 6.57 Å². The fourth-order valence-electron chi connectivity index (χ4n) is 5.21. The standard InChI is InChI=1S/C25H32N4O2P.C5H9N.CN.Ir/c1-22(2,3)21-26-13-14-19-27-17-11-15-16(24(6,7)25(8,9)23(15,4)5)12-18(17)29(19)32(10,30)31-20(14)28-21;1-5(2,3)6-4;1-2;/h11-12H,1-10H3;1-3H3;;/q-1;;-1;+3. The van der Waals surface area contributed by atoms with Crippen LogP contribution >= 0.6 is 7.52 Å². The van der Waals surface area contributed by atoms with E-state index >= 15 is 0 Å². The van der Waals surface area contributed by atoms with E-state index in [4.69, 9.17) is 27.9 Å². The van der Waals surface area contributed by atoms with Crippen molar-refractivity contribution in [3.8, 4) is 17.3 Å². The zero-order valence-electron chi connectivity index (χ0n) is 26.4. The summed E-state index contributed by atoms with van der Waals surface area (Å²) in [5.41, 5.74) is 4.27. The Hall–Kier alpha value is -2.57. The molecule has 41 heavy (non-hydrogen) atoms. The molecule has 2 aliphatic rings. The summed E-state index contributed by atoms with van der Waals surface area (Å²) < 4.78 is 21.5. The number of rotatable bonds is 0. The van der Waals surface area contributed by atoms with Gasteiger partial charge in [0.1, 0.15) is 5.88 Å². The van der Waals surface area contributed by atoms with E-state index in [1.165, 1.54) is 11.1 Å². The minimum absolute atomic E-state index is 0. The van der Waals surface area contributed by atoms with Gasteiger partial charge in [-0.15, -0.1) is 0 Å². The van der Waals surface area contributed by atoms with E-state index in [0.717, 1.165) is 11.0 Å². The number of benzene rings is 1. The van der Waals surface area contributed by atoms with Crippen LogP contribution in [-0.4, -0.2) is 31.5 Å². The molecule has 1 unspecified atom stereocenters. The Bertz CT molecular complexity index is 1600. The first kappa shape index (κ1) is 34.6. The largest absolute Gasteiger partial charge is 3.00 e. The molecule has 220 valence electrons. The third kappa shape index (κ3) is 5.50. The first-order valence-electron chi connectivity index (χ1n) is 13.3. The van der Waals surface area contributed by atoms with Gasteiger partial charge in [-0.2, -0.15) is 0 Å². The second-order valence-electron chi connectivity index (χ2n) is 14.3. The Morgan fingerprint density at radius 1 is 0.976 bits per heavy atom. The second-order valence-corrected chi connectivity index (χ2v) is 16.5. The van der Waals surface area contributed by atoms with Crippen LogP contribution in [0.25, 0.3) is 27.3 Å². The molecule has 1 aromatic carbocycles. The van der Waals surface area contributed by atoms with Crippen molar-refractivity contribution in [3.63, 3.8) is 0 Å². The monoisotopic (exact) mass is 753 g/mol. The van der Waals surface area contributed by atoms with Gasteiger partial charge in [0.15, 0.2) is 0 Å². The normalized spacial score (nSPS) is 20.7. The summed E-state index contributed by atoms with van der Waals surface area (Å²) in [5, 5.41) is 6.25. The van der Waals surface area contributed by atoms with Gasteiger partial charge in [0.2, 0.25) is 5.54 Å². The molecule has 1 aliphatic heterocycles. The zero-order chi connectivity index (χ0) is 30.9. The maximum Gasteiger partial charge on any atom is 3.00 e. The summed E-state index contributed by atoms with van der Waals surface area (Å²) in [6, 6.07) is 4.35. The molecule has 0 N–H and O–H groups in total. The minimum atomic E-state index is -3.27. The molecule has 0 radical (unpaired) electrons. The first-order valence-corrected chi connectivity index (χ1v) is 15.4. The van der Waals surface area contributed by atoms with Crippen LogP contribution in [0, 0.1) is 30.0 Å². The quantitative estimate of drug-likeness (QED) is 0.170. The number of nitrogens with zero attached hydrogens (tertiary/aromatic N) is 6. The SMILES string of the molecule is CC(C)(C)c1n[c-]c2c(n1)OP(C)(=O)n1c-2nc2cc3c(cc21)C(C)(C)C(C)(C)C3(C)C.[C-]#N.[C-]#[N+]C(C)(C)C.[Ir+3]. The Kier molecular flexibility index (Phi) is 8.96. The molecule has 0 spiro atoms. The number of aromatic nitrogens is 4. The van der Waals surface area contributed by atoms with Crippen molar-refractivity contribution >= 4 is 18.6 Å². The molecule has 3 heterocycles. The number of imidazole rings is 1. The molecule has 0 saturated carbocycles. The van der Waals surface area contributed by atoms with Crippen molar-refractivity contribution in [2.45, 2.75) is 105 Å². The van der Waals surface area contributed by atoms with E-state index in [2.05, 4.69) is 74.7 Å². The summed E-state index contributed by atoms with van der Waals surface area (Å²) in [6.45, 7) is 38.5. The number of hydrogen-bond donors (Lipinski definition) is 0. The van der Waals surface area contributed by atoms with Crippen molar-refractivity contribution in [3.05, 3.63) is 53.3 Å². The smallest absolute Gasteiger partial charge is 0.512 e. The van der Waals surface area contributed by atoms with E-state index in [0.29, 0.717) is 23.1 Å². The first-order chi connectivity index (χ1) is 18.1. The molecule has 0 saturated heterocycles. The van der Waals surface area contributed by atoms with Gasteiger partial charge in [0, 0.05) is 27.4 Å². The second kappa shape index (κ2) is 10.6. The fourth-order valence-corrected chi connectivity index (χ4v) is 6.79. The predicted molar refractivity (Wildman–Crippen MR) is 159 cm³/mol. The molecule has 0 bridgehead atoms. The summed E-state index contributed by atoms with van der Waals surface area (Å²) in [4.78, 5) is 17.2. The van der Waals surface area contributed by atoms with Crippen LogP contribution in [0.4, 0.5) is 0 Å². The molecule has 0 fully saturated rings. The van der Waals surface area contributed by atoms with Crippen LogP contribution in [-0.2, 0) is 40.9 Å². The van der Waals surface area contributed by atoms with Gasteiger partial charge in [-0.1, -0.05) is 62.3 Å². The number of hydrogen-bond acceptors (Lipinski definition) is 6. The van der Waals surface area contributed by atoms with E-state index in [1.54, 1.807) is 11.0 Å². The van der Waals surface area contributed by atoms with Crippen LogP contribution in [0.5, 0.6) is 5.88 Å². The average Bonchev–Trinajstić information content (AvgIpc) is 3.26. The van der Waals surface area contributed by atoms with E-state index in [1.807, 2.05) is 41.5 Å². The van der Waals surface area contributed by atoms with E-state index in [9.17, 15) is 4.57 Å². The minimum Gasteiger partial charge on any atom is -0.512 e. The van der Waals surface area contributed by atoms with Crippen molar-refractivity contribution in [1.29, 1.82) is 5.26 Å². The summed E-state index contributed by atoms with van der Waals surface area (Å²) in [7, 11) is -3.27. The van der Waals surface area contributed by atoms with E-state index < -0.39 is 7.52 Å². The van der Waals surface area contributed by atoms with Crippen molar-refractivity contribution < 1.29 is 29.2 Å². The molecule has 10 heteroatoms. The molecule has 2 aromatic heterocycles. The molecule has 1 atom stereocenters.